The molecule has 1 aromatic rings. The number of fused-ring (bicyclic) bond motifs is 1. The van der Waals surface area contributed by atoms with E-state index in [0.717, 1.165) is 11.3 Å². The van der Waals surface area contributed by atoms with Gasteiger partial charge in [0.25, 0.3) is 11.8 Å². The minimum Gasteiger partial charge on any atom is -0.477 e. The molecular formula is C14H15N5O5S3. The quantitative estimate of drug-likeness (QED) is 0.326. The number of carboxylic acids is 1. The van der Waals surface area contributed by atoms with Gasteiger partial charge in [0.1, 0.15) is 18.8 Å². The molecule has 3 heterocycles. The van der Waals surface area contributed by atoms with Gasteiger partial charge in [0.05, 0.1) is 10.3 Å². The summed E-state index contributed by atoms with van der Waals surface area (Å²) in [6, 6.07) is -1.29. The zero-order chi connectivity index (χ0) is 19.7. The van der Waals surface area contributed by atoms with Gasteiger partial charge in [0.15, 0.2) is 16.5 Å². The third-order valence-corrected chi connectivity index (χ3v) is 6.93. The Kier molecular flexibility index (Phi) is 5.62. The molecule has 0 radical (unpaired) electrons. The summed E-state index contributed by atoms with van der Waals surface area (Å²) in [6.45, 7) is 0. The molecule has 0 bridgehead atoms. The minimum atomic E-state index is -1.17. The van der Waals surface area contributed by atoms with Crippen LogP contribution in [0.25, 0.3) is 0 Å². The summed E-state index contributed by atoms with van der Waals surface area (Å²) >= 11 is 3.76. The lowest BCUT2D eigenvalue weighted by Crippen LogP contribution is -2.72. The van der Waals surface area contributed by atoms with E-state index < -0.39 is 29.9 Å². The number of aromatic nitrogens is 1. The molecule has 0 spiro atoms. The van der Waals surface area contributed by atoms with E-state index >= 15 is 0 Å². The molecule has 144 valence electrons. The average molecular weight is 430 g/mol. The SMILES string of the molecule is CO/N=C(\C(=O)NC1C(=O)N2C(C(=O)O)=C(SC)SCC12)c1csc(N)n1. The predicted molar refractivity (Wildman–Crippen MR) is 103 cm³/mol. The number of nitrogen functional groups attached to an aromatic ring is 1. The van der Waals surface area contributed by atoms with Crippen molar-refractivity contribution in [2.24, 2.45) is 5.16 Å². The zero-order valence-corrected chi connectivity index (χ0v) is 16.6. The van der Waals surface area contributed by atoms with Crippen LogP contribution in [0.3, 0.4) is 0 Å². The maximum absolute atomic E-state index is 12.6. The second-order valence-electron chi connectivity index (χ2n) is 5.38. The molecule has 0 saturated carbocycles. The molecule has 2 amide bonds. The standard InChI is InChI=1S/C14H15N5O5S3/c1-24-18-7(5-3-27-14(15)16-5)10(20)17-8-6-4-26-13(25-2)9(12(22)23)19(6)11(8)21/h3,6,8H,4H2,1-2H3,(H2,15,16)(H,17,20)(H,22,23)/b18-7-. The number of nitrogens with zero attached hydrogens (tertiary/aromatic N) is 3. The first-order valence-electron chi connectivity index (χ1n) is 7.49. The Labute approximate surface area is 166 Å². The number of aliphatic carboxylic acids is 1. The first-order valence-corrected chi connectivity index (χ1v) is 10.6. The molecule has 2 aliphatic rings. The number of thiazole rings is 1. The third kappa shape index (κ3) is 3.49. The maximum atomic E-state index is 12.6. The van der Waals surface area contributed by atoms with E-state index in [1.54, 1.807) is 11.6 Å². The number of carbonyl (C=O) groups is 3. The van der Waals surface area contributed by atoms with Crippen LogP contribution >= 0.6 is 34.9 Å². The fourth-order valence-corrected chi connectivity index (χ4v) is 5.31. The number of amides is 2. The predicted octanol–water partition coefficient (Wildman–Crippen LogP) is 0.135. The van der Waals surface area contributed by atoms with Gasteiger partial charge in [-0.3, -0.25) is 14.5 Å². The van der Waals surface area contributed by atoms with E-state index in [9.17, 15) is 19.5 Å². The Morgan fingerprint density at radius 2 is 2.30 bits per heavy atom. The molecule has 2 atom stereocenters. The van der Waals surface area contributed by atoms with Gasteiger partial charge in [-0.15, -0.1) is 34.9 Å². The van der Waals surface area contributed by atoms with Crippen molar-refractivity contribution in [1.29, 1.82) is 0 Å². The fraction of sp³-hybridized carbons (Fsp3) is 0.357. The van der Waals surface area contributed by atoms with Crippen molar-refractivity contribution >= 4 is 63.5 Å². The molecule has 10 nitrogen and oxygen atoms in total. The first kappa shape index (κ1) is 19.5. The molecule has 13 heteroatoms. The van der Waals surface area contributed by atoms with Crippen LogP contribution in [0.2, 0.25) is 0 Å². The average Bonchev–Trinajstić information content (AvgIpc) is 3.08. The van der Waals surface area contributed by atoms with Gasteiger partial charge in [-0.05, 0) is 6.26 Å². The number of carbonyl (C=O) groups excluding carboxylic acids is 2. The van der Waals surface area contributed by atoms with Gasteiger partial charge >= 0.3 is 5.97 Å². The highest BCUT2D eigenvalue weighted by molar-refractivity contribution is 8.22. The van der Waals surface area contributed by atoms with Crippen LogP contribution in [0, 0.1) is 0 Å². The van der Waals surface area contributed by atoms with Crippen molar-refractivity contribution in [3.05, 3.63) is 21.0 Å². The maximum Gasteiger partial charge on any atom is 0.354 e. The van der Waals surface area contributed by atoms with Gasteiger partial charge in [-0.1, -0.05) is 5.16 Å². The topological polar surface area (TPSA) is 147 Å². The number of nitrogens with one attached hydrogen (secondary N) is 1. The highest BCUT2D eigenvalue weighted by Crippen LogP contribution is 2.42. The van der Waals surface area contributed by atoms with Crippen LogP contribution in [-0.4, -0.2) is 69.7 Å². The van der Waals surface area contributed by atoms with Gasteiger partial charge in [0.2, 0.25) is 0 Å². The van der Waals surface area contributed by atoms with Gasteiger partial charge in [-0.2, -0.15) is 0 Å². The van der Waals surface area contributed by atoms with Crippen LogP contribution in [-0.2, 0) is 19.2 Å². The van der Waals surface area contributed by atoms with E-state index in [0.29, 0.717) is 9.99 Å². The third-order valence-electron chi connectivity index (χ3n) is 3.88. The largest absolute Gasteiger partial charge is 0.477 e. The molecule has 0 aliphatic carbocycles. The summed E-state index contributed by atoms with van der Waals surface area (Å²) in [5.74, 6) is -1.83. The molecule has 2 unspecified atom stereocenters. The number of hydrogen-bond acceptors (Lipinski definition) is 10. The number of nitrogens with two attached hydrogens (primary N) is 1. The molecule has 1 fully saturated rings. The van der Waals surface area contributed by atoms with Crippen LogP contribution in [0.5, 0.6) is 0 Å². The van der Waals surface area contributed by atoms with Crippen molar-refractivity contribution in [2.45, 2.75) is 12.1 Å². The lowest BCUT2D eigenvalue weighted by Gasteiger charge is -2.49. The number of carboxylic acid groups (broad SMARTS) is 1. The monoisotopic (exact) mass is 429 g/mol. The second-order valence-corrected chi connectivity index (χ2v) is 8.37. The summed E-state index contributed by atoms with van der Waals surface area (Å²) in [7, 11) is 1.28. The Morgan fingerprint density at radius 1 is 1.56 bits per heavy atom. The number of oxime groups is 1. The van der Waals surface area contributed by atoms with Gasteiger partial charge < -0.3 is 21.0 Å². The second kappa shape index (κ2) is 7.78. The van der Waals surface area contributed by atoms with Crippen LogP contribution in [0.15, 0.2) is 20.5 Å². The van der Waals surface area contributed by atoms with Crippen LogP contribution < -0.4 is 11.1 Å². The van der Waals surface area contributed by atoms with Crippen LogP contribution in [0.4, 0.5) is 5.13 Å². The summed E-state index contributed by atoms with van der Waals surface area (Å²) in [4.78, 5) is 46.6. The highest BCUT2D eigenvalue weighted by Gasteiger charge is 2.54. The van der Waals surface area contributed by atoms with Gasteiger partial charge in [-0.25, -0.2) is 9.78 Å². The molecule has 2 aliphatic heterocycles. The number of β-lactam (4-membered cyclic amide) rings is 1. The molecule has 1 saturated heterocycles. The number of hydrogen-bond donors (Lipinski definition) is 3. The van der Waals surface area contributed by atoms with Crippen LogP contribution in [0.1, 0.15) is 5.69 Å². The van der Waals surface area contributed by atoms with Crippen molar-refractivity contribution in [1.82, 2.24) is 15.2 Å². The highest BCUT2D eigenvalue weighted by atomic mass is 32.2. The van der Waals surface area contributed by atoms with Crippen molar-refractivity contribution in [2.75, 3.05) is 24.9 Å². The van der Waals surface area contributed by atoms with E-state index in [4.69, 9.17) is 10.6 Å². The Hall–Kier alpha value is -2.25. The summed E-state index contributed by atoms with van der Waals surface area (Å²) in [6.07, 6.45) is 1.75. The lowest BCUT2D eigenvalue weighted by molar-refractivity contribution is -0.153. The summed E-state index contributed by atoms with van der Waals surface area (Å²) in [5, 5.41) is 17.5. The Bertz CT molecular complexity index is 867. The van der Waals surface area contributed by atoms with Crippen molar-refractivity contribution in [3.63, 3.8) is 0 Å². The normalized spacial score (nSPS) is 22.2. The van der Waals surface area contributed by atoms with Crippen molar-refractivity contribution in [3.8, 4) is 0 Å². The zero-order valence-electron chi connectivity index (χ0n) is 14.2. The Balaban J connectivity index is 1.79. The van der Waals surface area contributed by atoms with E-state index in [1.165, 1.54) is 35.5 Å². The lowest BCUT2D eigenvalue weighted by atomic mass is 9.95. The Morgan fingerprint density at radius 3 is 2.85 bits per heavy atom. The van der Waals surface area contributed by atoms with Gasteiger partial charge in [0, 0.05) is 11.1 Å². The molecule has 27 heavy (non-hydrogen) atoms. The van der Waals surface area contributed by atoms with E-state index in [2.05, 4.69) is 15.5 Å². The van der Waals surface area contributed by atoms with E-state index in [-0.39, 0.29) is 22.2 Å². The number of rotatable bonds is 6. The molecule has 3 rings (SSSR count). The summed E-state index contributed by atoms with van der Waals surface area (Å²) in [5.41, 5.74) is 5.66. The molecule has 0 aromatic carbocycles. The number of anilines is 1. The molecular weight excluding hydrogens is 414 g/mol. The minimum absolute atomic E-state index is 0.0442. The van der Waals surface area contributed by atoms with E-state index in [1.807, 2.05) is 0 Å². The fourth-order valence-electron chi connectivity index (χ4n) is 2.73. The molecule has 4 N–H and O–H groups in total. The smallest absolute Gasteiger partial charge is 0.354 e. The van der Waals surface area contributed by atoms with Crippen molar-refractivity contribution < 1.29 is 24.3 Å². The molecule has 1 aromatic heterocycles. The first-order chi connectivity index (χ1) is 12.9. The summed E-state index contributed by atoms with van der Waals surface area (Å²) < 4.78 is 0.566. The number of thioether (sulfide) groups is 2.